The average Bonchev–Trinajstić information content (AvgIpc) is 2.83. The molecular weight excluding hydrogens is 254 g/mol. The van der Waals surface area contributed by atoms with Gasteiger partial charge in [0.05, 0.1) is 13.1 Å². The number of quaternary nitrogens is 1. The third-order valence-corrected chi connectivity index (χ3v) is 3.08. The first-order chi connectivity index (χ1) is 9.13. The molecule has 1 saturated heterocycles. The molecule has 0 atom stereocenters. The van der Waals surface area contributed by atoms with Crippen molar-refractivity contribution in [1.29, 1.82) is 0 Å². The maximum atomic E-state index is 12.0. The van der Waals surface area contributed by atoms with Crippen LogP contribution >= 0.6 is 0 Å². The minimum atomic E-state index is -2.83. The summed E-state index contributed by atoms with van der Waals surface area (Å²) in [6, 6.07) is 5.92. The van der Waals surface area contributed by atoms with Crippen LogP contribution in [0.5, 0.6) is 5.75 Å². The highest BCUT2D eigenvalue weighted by Gasteiger charge is 2.18. The summed E-state index contributed by atoms with van der Waals surface area (Å²) in [7, 11) is 0. The normalized spacial score (nSPS) is 15.7. The molecule has 0 bridgehead atoms. The van der Waals surface area contributed by atoms with Crippen molar-refractivity contribution in [2.24, 2.45) is 0 Å². The number of amides is 1. The Balaban J connectivity index is 1.82. The molecule has 0 spiro atoms. The lowest BCUT2D eigenvalue weighted by Gasteiger charge is -2.12. The van der Waals surface area contributed by atoms with E-state index in [1.54, 1.807) is 12.1 Å². The molecule has 6 heteroatoms. The second-order valence-corrected chi connectivity index (χ2v) is 4.58. The van der Waals surface area contributed by atoms with Crippen LogP contribution in [0.4, 0.5) is 14.5 Å². The summed E-state index contributed by atoms with van der Waals surface area (Å²) in [4.78, 5) is 13.0. The van der Waals surface area contributed by atoms with Crippen molar-refractivity contribution < 1.29 is 23.2 Å². The lowest BCUT2D eigenvalue weighted by Crippen LogP contribution is -3.11. The maximum Gasteiger partial charge on any atom is 0.387 e. The predicted molar refractivity (Wildman–Crippen MR) is 66.5 cm³/mol. The van der Waals surface area contributed by atoms with Crippen molar-refractivity contribution in [3.8, 4) is 5.75 Å². The number of benzene rings is 1. The Morgan fingerprint density at radius 1 is 1.26 bits per heavy atom. The van der Waals surface area contributed by atoms with Crippen molar-refractivity contribution in [3.63, 3.8) is 0 Å². The van der Waals surface area contributed by atoms with Crippen molar-refractivity contribution in [2.75, 3.05) is 25.0 Å². The second-order valence-electron chi connectivity index (χ2n) is 4.58. The molecular formula is C13H17F2N2O2+. The predicted octanol–water partition coefficient (Wildman–Crippen LogP) is 0.905. The van der Waals surface area contributed by atoms with Gasteiger partial charge in [0.15, 0.2) is 6.54 Å². The average molecular weight is 271 g/mol. The van der Waals surface area contributed by atoms with Crippen LogP contribution in [0.15, 0.2) is 24.3 Å². The number of halogens is 2. The van der Waals surface area contributed by atoms with E-state index in [-0.39, 0.29) is 11.7 Å². The number of ether oxygens (including phenoxy) is 1. The molecule has 1 aromatic carbocycles. The fraction of sp³-hybridized carbons (Fsp3) is 0.462. The molecule has 1 aromatic rings. The number of anilines is 1. The Labute approximate surface area is 110 Å². The summed E-state index contributed by atoms with van der Waals surface area (Å²) in [5.41, 5.74) is 0.588. The van der Waals surface area contributed by atoms with E-state index in [1.807, 2.05) is 0 Å². The van der Waals surface area contributed by atoms with Crippen LogP contribution in [0.2, 0.25) is 0 Å². The number of hydrogen-bond donors (Lipinski definition) is 2. The summed E-state index contributed by atoms with van der Waals surface area (Å²) >= 11 is 0. The molecule has 1 aliphatic heterocycles. The summed E-state index contributed by atoms with van der Waals surface area (Å²) in [6.45, 7) is -0.308. The SMILES string of the molecule is O=C(C[NH+]1CCCC1)Nc1ccc(OC(F)F)cc1. The zero-order valence-electron chi connectivity index (χ0n) is 10.5. The first-order valence-corrected chi connectivity index (χ1v) is 6.32. The van der Waals surface area contributed by atoms with Crippen LogP contribution < -0.4 is 15.0 Å². The number of alkyl halides is 2. The topological polar surface area (TPSA) is 42.8 Å². The number of hydrogen-bond acceptors (Lipinski definition) is 2. The quantitative estimate of drug-likeness (QED) is 0.836. The molecule has 1 fully saturated rings. The van der Waals surface area contributed by atoms with Gasteiger partial charge in [0.1, 0.15) is 5.75 Å². The molecule has 1 heterocycles. The molecule has 0 aromatic heterocycles. The standard InChI is InChI=1S/C13H16F2N2O2/c14-13(15)19-11-5-3-10(4-6-11)16-12(18)9-17-7-1-2-8-17/h3-6,13H,1-2,7-9H2,(H,16,18)/p+1. The number of carbonyl (C=O) groups excluding carboxylic acids is 1. The molecule has 0 radical (unpaired) electrons. The largest absolute Gasteiger partial charge is 0.435 e. The minimum absolute atomic E-state index is 0.0561. The van der Waals surface area contributed by atoms with Gasteiger partial charge in [0, 0.05) is 18.5 Å². The lowest BCUT2D eigenvalue weighted by molar-refractivity contribution is -0.878. The summed E-state index contributed by atoms with van der Waals surface area (Å²) < 4.78 is 28.2. The summed E-state index contributed by atoms with van der Waals surface area (Å²) in [5.74, 6) is 0.0256. The third kappa shape index (κ3) is 4.48. The van der Waals surface area contributed by atoms with Gasteiger partial charge >= 0.3 is 6.61 Å². The van der Waals surface area contributed by atoms with Crippen molar-refractivity contribution in [2.45, 2.75) is 19.5 Å². The second kappa shape index (κ2) is 6.47. The Kier molecular flexibility index (Phi) is 4.68. The minimum Gasteiger partial charge on any atom is -0.435 e. The van der Waals surface area contributed by atoms with Gasteiger partial charge in [-0.05, 0) is 24.3 Å². The Morgan fingerprint density at radius 2 is 1.89 bits per heavy atom. The molecule has 2 rings (SSSR count). The molecule has 2 N–H and O–H groups in total. The van der Waals surface area contributed by atoms with Crippen LogP contribution in [0, 0.1) is 0 Å². The highest BCUT2D eigenvalue weighted by Crippen LogP contribution is 2.17. The molecule has 1 aliphatic rings. The van der Waals surface area contributed by atoms with Gasteiger partial charge in [-0.3, -0.25) is 4.79 Å². The van der Waals surface area contributed by atoms with Crippen LogP contribution in [0.25, 0.3) is 0 Å². The fourth-order valence-corrected chi connectivity index (χ4v) is 2.20. The molecule has 0 aliphatic carbocycles. The van der Waals surface area contributed by atoms with Gasteiger partial charge in [0.2, 0.25) is 0 Å². The van der Waals surface area contributed by atoms with E-state index in [0.29, 0.717) is 12.2 Å². The monoisotopic (exact) mass is 271 g/mol. The number of likely N-dealkylation sites (tertiary alicyclic amines) is 1. The van der Waals surface area contributed by atoms with E-state index in [2.05, 4.69) is 10.1 Å². The molecule has 4 nitrogen and oxygen atoms in total. The van der Waals surface area contributed by atoms with E-state index in [0.717, 1.165) is 13.1 Å². The molecule has 19 heavy (non-hydrogen) atoms. The first-order valence-electron chi connectivity index (χ1n) is 6.32. The van der Waals surface area contributed by atoms with E-state index >= 15 is 0 Å². The fourth-order valence-electron chi connectivity index (χ4n) is 2.20. The number of nitrogens with one attached hydrogen (secondary N) is 2. The lowest BCUT2D eigenvalue weighted by atomic mass is 10.3. The summed E-state index contributed by atoms with van der Waals surface area (Å²) in [6.07, 6.45) is 2.34. The van der Waals surface area contributed by atoms with Gasteiger partial charge in [-0.2, -0.15) is 8.78 Å². The highest BCUT2D eigenvalue weighted by molar-refractivity contribution is 5.91. The van der Waals surface area contributed by atoms with Gasteiger partial charge in [0.25, 0.3) is 5.91 Å². The Bertz CT molecular complexity index is 417. The van der Waals surface area contributed by atoms with Gasteiger partial charge in [-0.1, -0.05) is 0 Å². The Morgan fingerprint density at radius 3 is 2.47 bits per heavy atom. The van der Waals surface area contributed by atoms with Crippen LogP contribution in [-0.4, -0.2) is 32.2 Å². The van der Waals surface area contributed by atoms with Crippen LogP contribution in [-0.2, 0) is 4.79 Å². The molecule has 1 amide bonds. The Hall–Kier alpha value is -1.69. The van der Waals surface area contributed by atoms with Crippen LogP contribution in [0.3, 0.4) is 0 Å². The van der Waals surface area contributed by atoms with E-state index in [4.69, 9.17) is 0 Å². The number of rotatable bonds is 5. The van der Waals surface area contributed by atoms with Crippen LogP contribution in [0.1, 0.15) is 12.8 Å². The maximum absolute atomic E-state index is 12.0. The van der Waals surface area contributed by atoms with Crippen molar-refractivity contribution in [1.82, 2.24) is 0 Å². The highest BCUT2D eigenvalue weighted by atomic mass is 19.3. The van der Waals surface area contributed by atoms with Gasteiger partial charge < -0.3 is 15.0 Å². The molecule has 0 unspecified atom stereocenters. The zero-order valence-corrected chi connectivity index (χ0v) is 10.5. The first kappa shape index (κ1) is 13.7. The van der Waals surface area contributed by atoms with Gasteiger partial charge in [-0.15, -0.1) is 0 Å². The van der Waals surface area contributed by atoms with Crippen molar-refractivity contribution >= 4 is 11.6 Å². The van der Waals surface area contributed by atoms with E-state index < -0.39 is 6.61 Å². The smallest absolute Gasteiger partial charge is 0.387 e. The van der Waals surface area contributed by atoms with E-state index in [9.17, 15) is 13.6 Å². The summed E-state index contributed by atoms with van der Waals surface area (Å²) in [5, 5.41) is 2.75. The number of carbonyl (C=O) groups is 1. The van der Waals surface area contributed by atoms with Gasteiger partial charge in [-0.25, -0.2) is 0 Å². The molecule has 104 valence electrons. The third-order valence-electron chi connectivity index (χ3n) is 3.08. The zero-order chi connectivity index (χ0) is 13.7. The van der Waals surface area contributed by atoms with E-state index in [1.165, 1.54) is 29.9 Å². The molecule has 0 saturated carbocycles. The van der Waals surface area contributed by atoms with Crippen molar-refractivity contribution in [3.05, 3.63) is 24.3 Å².